The number of amides is 2. The Morgan fingerprint density at radius 1 is 1.40 bits per heavy atom. The highest BCUT2D eigenvalue weighted by Crippen LogP contribution is 2.29. The highest BCUT2D eigenvalue weighted by molar-refractivity contribution is 5.80. The number of nitrogens with one attached hydrogen (secondary N) is 1. The van der Waals surface area contributed by atoms with Crippen LogP contribution in [-0.4, -0.2) is 35.1 Å². The topological polar surface area (TPSA) is 69.6 Å². The molecule has 20 heavy (non-hydrogen) atoms. The van der Waals surface area contributed by atoms with E-state index in [9.17, 15) is 9.59 Å². The maximum Gasteiger partial charge on any atom is 0.323 e. The van der Waals surface area contributed by atoms with E-state index in [1.54, 1.807) is 6.92 Å². The van der Waals surface area contributed by atoms with Crippen LogP contribution in [0.5, 0.6) is 0 Å². The van der Waals surface area contributed by atoms with Crippen LogP contribution >= 0.6 is 0 Å². The van der Waals surface area contributed by atoms with E-state index < -0.39 is 5.97 Å². The number of hydrogen-bond acceptors (Lipinski definition) is 2. The van der Waals surface area contributed by atoms with Crippen molar-refractivity contribution in [2.45, 2.75) is 32.2 Å². The van der Waals surface area contributed by atoms with Crippen molar-refractivity contribution < 1.29 is 14.7 Å². The van der Waals surface area contributed by atoms with Crippen LogP contribution in [0.3, 0.4) is 0 Å². The second-order valence-corrected chi connectivity index (χ2v) is 5.00. The molecule has 0 spiro atoms. The Balaban J connectivity index is 2.07. The summed E-state index contributed by atoms with van der Waals surface area (Å²) in [5.41, 5.74) is 2.42. The SMILES string of the molecule is CCN(CC(=O)O)C(=O)NC1CCCc2ccccc21. The van der Waals surface area contributed by atoms with E-state index in [0.717, 1.165) is 24.8 Å². The lowest BCUT2D eigenvalue weighted by molar-refractivity contribution is -0.137. The molecular formula is C15H20N2O3. The van der Waals surface area contributed by atoms with Crippen LogP contribution in [0.25, 0.3) is 0 Å². The van der Waals surface area contributed by atoms with E-state index >= 15 is 0 Å². The van der Waals surface area contributed by atoms with Crippen LogP contribution in [0, 0.1) is 0 Å². The minimum absolute atomic E-state index is 0.0182. The number of aryl methyl sites for hydroxylation is 1. The summed E-state index contributed by atoms with van der Waals surface area (Å²) in [6.07, 6.45) is 2.97. The summed E-state index contributed by atoms with van der Waals surface area (Å²) in [6, 6.07) is 7.77. The average Bonchev–Trinajstić information content (AvgIpc) is 2.45. The molecule has 1 unspecified atom stereocenters. The van der Waals surface area contributed by atoms with Gasteiger partial charge >= 0.3 is 12.0 Å². The zero-order valence-electron chi connectivity index (χ0n) is 11.6. The highest BCUT2D eigenvalue weighted by atomic mass is 16.4. The van der Waals surface area contributed by atoms with Gasteiger partial charge in [-0.1, -0.05) is 24.3 Å². The average molecular weight is 276 g/mol. The molecule has 5 heteroatoms. The third-order valence-electron chi connectivity index (χ3n) is 3.66. The van der Waals surface area contributed by atoms with E-state index in [0.29, 0.717) is 6.54 Å². The number of rotatable bonds is 4. The van der Waals surface area contributed by atoms with Gasteiger partial charge in [-0.05, 0) is 37.3 Å². The van der Waals surface area contributed by atoms with Gasteiger partial charge in [-0.15, -0.1) is 0 Å². The number of aliphatic carboxylic acids is 1. The van der Waals surface area contributed by atoms with Crippen LogP contribution in [0.2, 0.25) is 0 Å². The fourth-order valence-corrected chi connectivity index (χ4v) is 2.63. The second kappa shape index (κ2) is 6.41. The summed E-state index contributed by atoms with van der Waals surface area (Å²) in [6.45, 7) is 1.89. The Labute approximate surface area is 118 Å². The van der Waals surface area contributed by atoms with Gasteiger partial charge in [-0.3, -0.25) is 4.79 Å². The fraction of sp³-hybridized carbons (Fsp3) is 0.467. The number of carbonyl (C=O) groups is 2. The van der Waals surface area contributed by atoms with Crippen molar-refractivity contribution in [3.8, 4) is 0 Å². The number of urea groups is 1. The monoisotopic (exact) mass is 276 g/mol. The Bertz CT molecular complexity index is 502. The van der Waals surface area contributed by atoms with Gasteiger partial charge in [0.2, 0.25) is 0 Å². The van der Waals surface area contributed by atoms with Gasteiger partial charge in [0.15, 0.2) is 0 Å². The molecule has 0 saturated carbocycles. The highest BCUT2D eigenvalue weighted by Gasteiger charge is 2.23. The van der Waals surface area contributed by atoms with Gasteiger partial charge in [0.05, 0.1) is 6.04 Å². The lowest BCUT2D eigenvalue weighted by Gasteiger charge is -2.29. The summed E-state index contributed by atoms with van der Waals surface area (Å²) in [5, 5.41) is 11.8. The Kier molecular flexibility index (Phi) is 4.61. The molecule has 1 aromatic rings. The molecule has 0 fully saturated rings. The predicted octanol–water partition coefficient (Wildman–Crippen LogP) is 2.18. The molecule has 108 valence electrons. The number of carboxylic acid groups (broad SMARTS) is 1. The number of carboxylic acids is 1. The molecule has 5 nitrogen and oxygen atoms in total. The maximum absolute atomic E-state index is 12.1. The minimum atomic E-state index is -0.994. The van der Waals surface area contributed by atoms with Crippen molar-refractivity contribution >= 4 is 12.0 Å². The number of nitrogens with zero attached hydrogens (tertiary/aromatic N) is 1. The van der Waals surface area contributed by atoms with Crippen molar-refractivity contribution in [3.05, 3.63) is 35.4 Å². The Morgan fingerprint density at radius 2 is 2.15 bits per heavy atom. The number of carbonyl (C=O) groups excluding carboxylic acids is 1. The van der Waals surface area contributed by atoms with Crippen LogP contribution < -0.4 is 5.32 Å². The first-order chi connectivity index (χ1) is 9.61. The fourth-order valence-electron chi connectivity index (χ4n) is 2.63. The summed E-state index contributed by atoms with van der Waals surface area (Å²) in [5.74, 6) is -0.994. The van der Waals surface area contributed by atoms with Gasteiger partial charge in [-0.25, -0.2) is 4.79 Å². The third kappa shape index (κ3) is 3.29. The second-order valence-electron chi connectivity index (χ2n) is 5.00. The first-order valence-electron chi connectivity index (χ1n) is 6.97. The van der Waals surface area contributed by atoms with E-state index in [1.165, 1.54) is 10.5 Å². The number of hydrogen-bond donors (Lipinski definition) is 2. The smallest absolute Gasteiger partial charge is 0.323 e. The summed E-state index contributed by atoms with van der Waals surface area (Å²) in [4.78, 5) is 24.2. The minimum Gasteiger partial charge on any atom is -0.480 e. The van der Waals surface area contributed by atoms with Crippen LogP contribution in [0.15, 0.2) is 24.3 Å². The van der Waals surface area contributed by atoms with Crippen molar-refractivity contribution in [1.82, 2.24) is 10.2 Å². The molecule has 1 aromatic carbocycles. The molecule has 2 N–H and O–H groups in total. The Morgan fingerprint density at radius 3 is 2.85 bits per heavy atom. The number of likely N-dealkylation sites (N-methyl/N-ethyl adjacent to an activating group) is 1. The van der Waals surface area contributed by atoms with Gasteiger partial charge in [0, 0.05) is 6.54 Å². The number of fused-ring (bicyclic) bond motifs is 1. The number of benzene rings is 1. The maximum atomic E-state index is 12.1. The van der Waals surface area contributed by atoms with Gasteiger partial charge in [0.1, 0.15) is 6.54 Å². The largest absolute Gasteiger partial charge is 0.480 e. The van der Waals surface area contributed by atoms with Gasteiger partial charge in [-0.2, -0.15) is 0 Å². The third-order valence-corrected chi connectivity index (χ3v) is 3.66. The Hall–Kier alpha value is -2.04. The van der Waals surface area contributed by atoms with E-state index in [1.807, 2.05) is 18.2 Å². The predicted molar refractivity (Wildman–Crippen MR) is 75.5 cm³/mol. The quantitative estimate of drug-likeness (QED) is 0.885. The molecule has 2 rings (SSSR count). The van der Waals surface area contributed by atoms with Gasteiger partial charge < -0.3 is 15.3 Å². The molecule has 0 saturated heterocycles. The van der Waals surface area contributed by atoms with Crippen molar-refractivity contribution in [1.29, 1.82) is 0 Å². The van der Waals surface area contributed by atoms with E-state index in [2.05, 4.69) is 11.4 Å². The van der Waals surface area contributed by atoms with Crippen LogP contribution in [-0.2, 0) is 11.2 Å². The normalized spacial score (nSPS) is 17.1. The summed E-state index contributed by atoms with van der Waals surface area (Å²) >= 11 is 0. The van der Waals surface area contributed by atoms with Crippen molar-refractivity contribution in [2.24, 2.45) is 0 Å². The summed E-state index contributed by atoms with van der Waals surface area (Å²) < 4.78 is 0. The van der Waals surface area contributed by atoms with Crippen LogP contribution in [0.4, 0.5) is 4.79 Å². The van der Waals surface area contributed by atoms with Crippen molar-refractivity contribution in [3.63, 3.8) is 0 Å². The molecular weight excluding hydrogens is 256 g/mol. The molecule has 0 aromatic heterocycles. The van der Waals surface area contributed by atoms with E-state index in [-0.39, 0.29) is 18.6 Å². The molecule has 0 bridgehead atoms. The molecule has 0 radical (unpaired) electrons. The lowest BCUT2D eigenvalue weighted by Crippen LogP contribution is -2.44. The zero-order chi connectivity index (χ0) is 14.5. The van der Waals surface area contributed by atoms with Crippen LogP contribution in [0.1, 0.15) is 36.9 Å². The van der Waals surface area contributed by atoms with E-state index in [4.69, 9.17) is 5.11 Å². The summed E-state index contributed by atoms with van der Waals surface area (Å²) in [7, 11) is 0. The molecule has 1 aliphatic carbocycles. The molecule has 0 heterocycles. The zero-order valence-corrected chi connectivity index (χ0v) is 11.6. The first-order valence-corrected chi connectivity index (χ1v) is 6.97. The molecule has 0 aliphatic heterocycles. The standard InChI is InChI=1S/C15H20N2O3/c1-2-17(10-14(18)19)15(20)16-13-9-5-7-11-6-3-4-8-12(11)13/h3-4,6,8,13H,2,5,7,9-10H2,1H3,(H,16,20)(H,18,19). The first kappa shape index (κ1) is 14.4. The molecule has 1 aliphatic rings. The van der Waals surface area contributed by atoms with Gasteiger partial charge in [0.25, 0.3) is 0 Å². The van der Waals surface area contributed by atoms with Crippen molar-refractivity contribution in [2.75, 3.05) is 13.1 Å². The lowest BCUT2D eigenvalue weighted by atomic mass is 9.88. The molecule has 1 atom stereocenters. The molecule has 2 amide bonds.